The molecular weight excluding hydrogens is 194 g/mol. The Kier molecular flexibility index (Phi) is 3.85. The van der Waals surface area contributed by atoms with Crippen LogP contribution in [0.2, 0.25) is 0 Å². The monoisotopic (exact) mass is 211 g/mol. The number of hydrogen-bond donors (Lipinski definition) is 1. The van der Waals surface area contributed by atoms with Crippen LogP contribution in [0.4, 0.5) is 0 Å². The van der Waals surface area contributed by atoms with Crippen LogP contribution in [0.3, 0.4) is 0 Å². The molecule has 1 aromatic heterocycles. The number of aromatic nitrogens is 1. The maximum absolute atomic E-state index is 11.5. The van der Waals surface area contributed by atoms with Crippen LogP contribution in [0.5, 0.6) is 0 Å². The second-order valence-electron chi connectivity index (χ2n) is 3.70. The second kappa shape index (κ2) is 4.93. The fourth-order valence-electron chi connectivity index (χ4n) is 1.20. The summed E-state index contributed by atoms with van der Waals surface area (Å²) >= 11 is 0. The molecule has 1 amide bonds. The van der Waals surface area contributed by atoms with Crippen molar-refractivity contribution >= 4 is 5.91 Å². The number of hydrogen-bond acceptors (Lipinski definition) is 4. The van der Waals surface area contributed by atoms with Gasteiger partial charge in [-0.05, 0) is 13.8 Å². The SMILES string of the molecule is Cc1cnc(CNC(C)C(=O)N(C)C)o1. The summed E-state index contributed by atoms with van der Waals surface area (Å²) in [6.07, 6.45) is 1.66. The third-order valence-corrected chi connectivity index (χ3v) is 2.04. The maximum atomic E-state index is 11.5. The lowest BCUT2D eigenvalue weighted by Crippen LogP contribution is -2.41. The first kappa shape index (κ1) is 11.7. The summed E-state index contributed by atoms with van der Waals surface area (Å²) in [4.78, 5) is 17.1. The van der Waals surface area contributed by atoms with Gasteiger partial charge in [0, 0.05) is 14.1 Å². The Bertz CT molecular complexity index is 333. The third-order valence-electron chi connectivity index (χ3n) is 2.04. The van der Waals surface area contributed by atoms with Gasteiger partial charge in [0.25, 0.3) is 0 Å². The minimum absolute atomic E-state index is 0.0401. The Hall–Kier alpha value is -1.36. The molecule has 15 heavy (non-hydrogen) atoms. The third kappa shape index (κ3) is 3.36. The van der Waals surface area contributed by atoms with E-state index in [0.717, 1.165) is 5.76 Å². The summed E-state index contributed by atoms with van der Waals surface area (Å²) < 4.78 is 5.28. The molecule has 5 nitrogen and oxygen atoms in total. The Labute approximate surface area is 89.5 Å². The van der Waals surface area contributed by atoms with E-state index in [2.05, 4.69) is 10.3 Å². The van der Waals surface area contributed by atoms with E-state index >= 15 is 0 Å². The first-order chi connectivity index (χ1) is 7.00. The van der Waals surface area contributed by atoms with Gasteiger partial charge in [-0.3, -0.25) is 10.1 Å². The Morgan fingerprint density at radius 2 is 2.33 bits per heavy atom. The number of amides is 1. The lowest BCUT2D eigenvalue weighted by atomic mass is 10.3. The lowest BCUT2D eigenvalue weighted by Gasteiger charge is -2.17. The molecule has 1 atom stereocenters. The molecule has 0 saturated carbocycles. The van der Waals surface area contributed by atoms with E-state index in [4.69, 9.17) is 4.42 Å². The molecule has 0 bridgehead atoms. The molecule has 1 aromatic rings. The van der Waals surface area contributed by atoms with Gasteiger partial charge >= 0.3 is 0 Å². The fraction of sp³-hybridized carbons (Fsp3) is 0.600. The first-order valence-corrected chi connectivity index (χ1v) is 4.86. The zero-order valence-corrected chi connectivity index (χ0v) is 9.57. The van der Waals surface area contributed by atoms with Gasteiger partial charge in [-0.2, -0.15) is 0 Å². The summed E-state index contributed by atoms with van der Waals surface area (Å²) in [5.74, 6) is 1.42. The summed E-state index contributed by atoms with van der Waals surface area (Å²) in [5.41, 5.74) is 0. The summed E-state index contributed by atoms with van der Waals surface area (Å²) in [5, 5.41) is 3.05. The Balaban J connectivity index is 2.40. The van der Waals surface area contributed by atoms with Crippen LogP contribution >= 0.6 is 0 Å². The molecule has 0 aromatic carbocycles. The van der Waals surface area contributed by atoms with Crippen LogP contribution in [0.25, 0.3) is 0 Å². The van der Waals surface area contributed by atoms with E-state index < -0.39 is 0 Å². The van der Waals surface area contributed by atoms with Crippen LogP contribution < -0.4 is 5.32 Å². The number of carbonyl (C=O) groups is 1. The standard InChI is InChI=1S/C10H17N3O2/c1-7-5-12-9(15-7)6-11-8(2)10(14)13(3)4/h5,8,11H,6H2,1-4H3. The van der Waals surface area contributed by atoms with Gasteiger partial charge in [-0.15, -0.1) is 0 Å². The summed E-state index contributed by atoms with van der Waals surface area (Å²) in [6, 6.07) is -0.229. The maximum Gasteiger partial charge on any atom is 0.238 e. The molecular formula is C10H17N3O2. The van der Waals surface area contributed by atoms with Crippen LogP contribution in [0.1, 0.15) is 18.6 Å². The lowest BCUT2D eigenvalue weighted by molar-refractivity contribution is -0.130. The van der Waals surface area contributed by atoms with Crippen molar-refractivity contribution in [2.24, 2.45) is 0 Å². The molecule has 0 aliphatic rings. The van der Waals surface area contributed by atoms with Crippen molar-refractivity contribution in [3.05, 3.63) is 17.8 Å². The predicted molar refractivity (Wildman–Crippen MR) is 56.2 cm³/mol. The number of carbonyl (C=O) groups excluding carboxylic acids is 1. The van der Waals surface area contributed by atoms with Gasteiger partial charge in [-0.25, -0.2) is 4.98 Å². The van der Waals surface area contributed by atoms with Crippen molar-refractivity contribution in [1.82, 2.24) is 15.2 Å². The molecule has 1 N–H and O–H groups in total. The van der Waals surface area contributed by atoms with E-state index in [1.165, 1.54) is 0 Å². The van der Waals surface area contributed by atoms with Crippen molar-refractivity contribution in [2.75, 3.05) is 14.1 Å². The zero-order valence-electron chi connectivity index (χ0n) is 9.57. The topological polar surface area (TPSA) is 58.4 Å². The smallest absolute Gasteiger partial charge is 0.238 e. The van der Waals surface area contributed by atoms with E-state index in [9.17, 15) is 4.79 Å². The highest BCUT2D eigenvalue weighted by Gasteiger charge is 2.14. The largest absolute Gasteiger partial charge is 0.445 e. The zero-order chi connectivity index (χ0) is 11.4. The Morgan fingerprint density at radius 1 is 1.67 bits per heavy atom. The fourth-order valence-corrected chi connectivity index (χ4v) is 1.20. The molecule has 0 spiro atoms. The first-order valence-electron chi connectivity index (χ1n) is 4.86. The molecule has 1 rings (SSSR count). The molecule has 84 valence electrons. The minimum atomic E-state index is -0.229. The normalized spacial score (nSPS) is 12.5. The second-order valence-corrected chi connectivity index (χ2v) is 3.70. The van der Waals surface area contributed by atoms with E-state index in [0.29, 0.717) is 12.4 Å². The highest BCUT2D eigenvalue weighted by atomic mass is 16.4. The number of aryl methyl sites for hydroxylation is 1. The van der Waals surface area contributed by atoms with Crippen molar-refractivity contribution in [3.8, 4) is 0 Å². The van der Waals surface area contributed by atoms with E-state index in [-0.39, 0.29) is 11.9 Å². The number of nitrogens with zero attached hydrogens (tertiary/aromatic N) is 2. The van der Waals surface area contributed by atoms with Crippen molar-refractivity contribution < 1.29 is 9.21 Å². The number of likely N-dealkylation sites (N-methyl/N-ethyl adjacent to an activating group) is 1. The predicted octanol–water partition coefficient (Wildman–Crippen LogP) is 0.549. The van der Waals surface area contributed by atoms with Crippen molar-refractivity contribution in [2.45, 2.75) is 26.4 Å². The van der Waals surface area contributed by atoms with Gasteiger partial charge in [0.2, 0.25) is 11.8 Å². The number of rotatable bonds is 4. The summed E-state index contributed by atoms with van der Waals surface area (Å²) in [6.45, 7) is 4.12. The van der Waals surface area contributed by atoms with Crippen LogP contribution in [0.15, 0.2) is 10.6 Å². The molecule has 0 aliphatic carbocycles. The number of nitrogens with one attached hydrogen (secondary N) is 1. The van der Waals surface area contributed by atoms with Gasteiger partial charge < -0.3 is 9.32 Å². The van der Waals surface area contributed by atoms with Gasteiger partial charge in [0.05, 0.1) is 18.8 Å². The molecule has 0 aliphatic heterocycles. The minimum Gasteiger partial charge on any atom is -0.445 e. The molecule has 0 saturated heterocycles. The molecule has 5 heteroatoms. The number of oxazole rings is 1. The van der Waals surface area contributed by atoms with Gasteiger partial charge in [0.15, 0.2) is 0 Å². The Morgan fingerprint density at radius 3 is 2.80 bits per heavy atom. The van der Waals surface area contributed by atoms with Crippen molar-refractivity contribution in [3.63, 3.8) is 0 Å². The quantitative estimate of drug-likeness (QED) is 0.790. The van der Waals surface area contributed by atoms with Crippen LogP contribution in [0, 0.1) is 6.92 Å². The van der Waals surface area contributed by atoms with Crippen molar-refractivity contribution in [1.29, 1.82) is 0 Å². The van der Waals surface area contributed by atoms with Crippen LogP contribution in [-0.4, -0.2) is 35.9 Å². The van der Waals surface area contributed by atoms with Gasteiger partial charge in [0.1, 0.15) is 5.76 Å². The van der Waals surface area contributed by atoms with Gasteiger partial charge in [-0.1, -0.05) is 0 Å². The van der Waals surface area contributed by atoms with Crippen LogP contribution in [-0.2, 0) is 11.3 Å². The van der Waals surface area contributed by atoms with E-state index in [1.54, 1.807) is 25.2 Å². The average molecular weight is 211 g/mol. The molecule has 0 fully saturated rings. The highest BCUT2D eigenvalue weighted by molar-refractivity contribution is 5.80. The molecule has 1 heterocycles. The highest BCUT2D eigenvalue weighted by Crippen LogP contribution is 2.01. The molecule has 1 unspecified atom stereocenters. The van der Waals surface area contributed by atoms with E-state index in [1.807, 2.05) is 13.8 Å². The molecule has 0 radical (unpaired) electrons. The summed E-state index contributed by atoms with van der Waals surface area (Å²) in [7, 11) is 3.46. The average Bonchev–Trinajstić information content (AvgIpc) is 2.59.